The second-order valence-corrected chi connectivity index (χ2v) is 9.67. The summed E-state index contributed by atoms with van der Waals surface area (Å²) in [6.45, 7) is 5.74. The van der Waals surface area contributed by atoms with Crippen molar-refractivity contribution < 1.29 is 33.3 Å². The number of halogens is 1. The summed E-state index contributed by atoms with van der Waals surface area (Å²) in [5.74, 6) is -0.465. The van der Waals surface area contributed by atoms with E-state index in [4.69, 9.17) is 19.3 Å². The molecule has 0 unspecified atom stereocenters. The van der Waals surface area contributed by atoms with E-state index in [0.717, 1.165) is 0 Å². The zero-order valence-corrected chi connectivity index (χ0v) is 21.4. The summed E-state index contributed by atoms with van der Waals surface area (Å²) in [5.41, 5.74) is 4.31. The third-order valence-electron chi connectivity index (χ3n) is 5.46. The number of esters is 1. The molecule has 0 bridgehead atoms. The fraction of sp³-hybridized carbons (Fsp3) is 0.444. The van der Waals surface area contributed by atoms with Crippen molar-refractivity contribution in [2.75, 3.05) is 19.8 Å². The summed E-state index contributed by atoms with van der Waals surface area (Å²) in [6, 6.07) is 13.2. The zero-order chi connectivity index (χ0) is 26.9. The smallest absolute Gasteiger partial charge is 0.306 e. The average molecular weight is 516 g/mol. The van der Waals surface area contributed by atoms with Crippen molar-refractivity contribution in [3.63, 3.8) is 0 Å². The molecular weight excluding hydrogens is 481 g/mol. The molecule has 200 valence electrons. The van der Waals surface area contributed by atoms with Crippen LogP contribution < -0.4 is 15.6 Å². The largest absolute Gasteiger partial charge is 0.494 e. The minimum Gasteiger partial charge on any atom is -0.494 e. The normalized spacial score (nSPS) is 17.1. The summed E-state index contributed by atoms with van der Waals surface area (Å²) in [6.07, 6.45) is 0.536. The Morgan fingerprint density at radius 2 is 1.89 bits per heavy atom. The Kier molecular flexibility index (Phi) is 9.60. The molecule has 3 N–H and O–H groups in total. The van der Waals surface area contributed by atoms with Gasteiger partial charge in [-0.05, 0) is 57.5 Å². The number of aliphatic imine (C=N–C) groups is 1. The van der Waals surface area contributed by atoms with Gasteiger partial charge in [0.25, 0.3) is 5.91 Å². The van der Waals surface area contributed by atoms with Crippen LogP contribution in [0.2, 0.25) is 0 Å². The van der Waals surface area contributed by atoms with Crippen molar-refractivity contribution >= 4 is 17.8 Å². The zero-order valence-electron chi connectivity index (χ0n) is 21.4. The maximum Gasteiger partial charge on any atom is 0.306 e. The van der Waals surface area contributed by atoms with E-state index in [0.29, 0.717) is 29.9 Å². The third kappa shape index (κ3) is 8.26. The van der Waals surface area contributed by atoms with E-state index in [1.54, 1.807) is 63.2 Å². The number of aliphatic hydroxyl groups is 1. The molecule has 1 heterocycles. The van der Waals surface area contributed by atoms with Gasteiger partial charge in [0.2, 0.25) is 5.90 Å². The second kappa shape index (κ2) is 12.6. The monoisotopic (exact) mass is 515 g/mol. The number of hydrazine groups is 1. The van der Waals surface area contributed by atoms with Crippen LogP contribution in [0.25, 0.3) is 0 Å². The maximum atomic E-state index is 13.9. The van der Waals surface area contributed by atoms with Crippen LogP contribution >= 0.6 is 0 Å². The quantitative estimate of drug-likeness (QED) is 0.226. The van der Waals surface area contributed by atoms with Crippen molar-refractivity contribution in [1.82, 2.24) is 10.9 Å². The van der Waals surface area contributed by atoms with Gasteiger partial charge in [-0.15, -0.1) is 0 Å². The van der Waals surface area contributed by atoms with Gasteiger partial charge in [-0.3, -0.25) is 15.0 Å². The molecule has 3 rings (SSSR count). The number of hydrogen-bond acceptors (Lipinski definition) is 8. The SMILES string of the molecule is CC(C)(C)OC(=O)CC[C@@]1(C(=O)NNCc2ccccc2F)COC(c2ccc(OCCCO)cc2)=N1. The molecule has 0 saturated heterocycles. The molecule has 9 nitrogen and oxygen atoms in total. The van der Waals surface area contributed by atoms with Crippen LogP contribution in [-0.2, 0) is 25.6 Å². The van der Waals surface area contributed by atoms with Crippen LogP contribution in [-0.4, -0.2) is 53.8 Å². The van der Waals surface area contributed by atoms with E-state index < -0.39 is 28.8 Å². The van der Waals surface area contributed by atoms with E-state index in [1.165, 1.54) is 6.07 Å². The van der Waals surface area contributed by atoms with Gasteiger partial charge in [0.1, 0.15) is 23.8 Å². The van der Waals surface area contributed by atoms with Crippen molar-refractivity contribution in [3.8, 4) is 5.75 Å². The van der Waals surface area contributed by atoms with Crippen LogP contribution in [0.15, 0.2) is 53.5 Å². The number of amides is 1. The Hall–Kier alpha value is -3.50. The Morgan fingerprint density at radius 1 is 1.16 bits per heavy atom. The van der Waals surface area contributed by atoms with Gasteiger partial charge in [-0.2, -0.15) is 0 Å². The first-order valence-corrected chi connectivity index (χ1v) is 12.2. The molecule has 2 aromatic rings. The molecule has 1 atom stereocenters. The van der Waals surface area contributed by atoms with E-state index in [9.17, 15) is 14.0 Å². The highest BCUT2D eigenvalue weighted by molar-refractivity contribution is 6.00. The van der Waals surface area contributed by atoms with Gasteiger partial charge in [-0.25, -0.2) is 14.8 Å². The molecule has 10 heteroatoms. The molecule has 0 fully saturated rings. The summed E-state index contributed by atoms with van der Waals surface area (Å²) in [4.78, 5) is 30.2. The predicted molar refractivity (Wildman–Crippen MR) is 135 cm³/mol. The number of carbonyl (C=O) groups excluding carboxylic acids is 2. The Bertz CT molecular complexity index is 1100. The first-order chi connectivity index (χ1) is 17.6. The van der Waals surface area contributed by atoms with Gasteiger partial charge in [0.05, 0.1) is 6.61 Å². The van der Waals surface area contributed by atoms with Crippen LogP contribution in [0.1, 0.15) is 51.2 Å². The highest BCUT2D eigenvalue weighted by Crippen LogP contribution is 2.28. The highest BCUT2D eigenvalue weighted by atomic mass is 19.1. The minimum atomic E-state index is -1.38. The Morgan fingerprint density at radius 3 is 2.57 bits per heavy atom. The van der Waals surface area contributed by atoms with Crippen molar-refractivity contribution in [3.05, 3.63) is 65.5 Å². The second-order valence-electron chi connectivity index (χ2n) is 9.67. The van der Waals surface area contributed by atoms with Crippen molar-refractivity contribution in [1.29, 1.82) is 0 Å². The first kappa shape index (κ1) is 28.1. The number of hydrogen-bond donors (Lipinski definition) is 3. The van der Waals surface area contributed by atoms with Gasteiger partial charge < -0.3 is 19.3 Å². The number of benzene rings is 2. The van der Waals surface area contributed by atoms with Crippen LogP contribution in [0, 0.1) is 5.82 Å². The lowest BCUT2D eigenvalue weighted by molar-refractivity contribution is -0.155. The average Bonchev–Trinajstić information content (AvgIpc) is 3.29. The number of nitrogens with one attached hydrogen (secondary N) is 2. The van der Waals surface area contributed by atoms with E-state index in [2.05, 4.69) is 15.8 Å². The highest BCUT2D eigenvalue weighted by Gasteiger charge is 2.45. The lowest BCUT2D eigenvalue weighted by Crippen LogP contribution is -2.51. The summed E-state index contributed by atoms with van der Waals surface area (Å²) in [7, 11) is 0. The molecule has 0 saturated carbocycles. The molecule has 0 aromatic heterocycles. The minimum absolute atomic E-state index is 0.0459. The first-order valence-electron chi connectivity index (χ1n) is 12.2. The van der Waals surface area contributed by atoms with E-state index in [1.807, 2.05) is 0 Å². The van der Waals surface area contributed by atoms with Crippen LogP contribution in [0.4, 0.5) is 4.39 Å². The van der Waals surface area contributed by atoms with Gasteiger partial charge in [-0.1, -0.05) is 18.2 Å². The topological polar surface area (TPSA) is 118 Å². The van der Waals surface area contributed by atoms with Gasteiger partial charge in [0.15, 0.2) is 5.54 Å². The molecule has 2 aromatic carbocycles. The number of carbonyl (C=O) groups is 2. The molecule has 1 aliphatic rings. The fourth-order valence-electron chi connectivity index (χ4n) is 3.58. The molecular formula is C27H34FN3O6. The standard InChI is InChI=1S/C27H34FN3O6/c1-26(2,3)37-23(33)13-14-27(25(34)31-29-17-20-7-4-5-8-22(20)28)18-36-24(30-27)19-9-11-21(12-10-19)35-16-6-15-32/h4-5,7-12,29,32H,6,13-18H2,1-3H3,(H,31,34)/t27-/m0/s1. The maximum absolute atomic E-state index is 13.9. The van der Waals surface area contributed by atoms with Gasteiger partial charge in [0, 0.05) is 37.1 Å². The molecule has 37 heavy (non-hydrogen) atoms. The summed E-state index contributed by atoms with van der Waals surface area (Å²) >= 11 is 0. The van der Waals surface area contributed by atoms with Crippen molar-refractivity contribution in [2.24, 2.45) is 4.99 Å². The van der Waals surface area contributed by atoms with Gasteiger partial charge >= 0.3 is 5.97 Å². The number of ether oxygens (including phenoxy) is 3. The van der Waals surface area contributed by atoms with Crippen LogP contribution in [0.5, 0.6) is 5.75 Å². The predicted octanol–water partition coefficient (Wildman–Crippen LogP) is 3.05. The lowest BCUT2D eigenvalue weighted by Gasteiger charge is -2.24. The van der Waals surface area contributed by atoms with E-state index >= 15 is 0 Å². The summed E-state index contributed by atoms with van der Waals surface area (Å²) < 4.78 is 30.7. The molecule has 1 amide bonds. The number of nitrogens with zero attached hydrogens (tertiary/aromatic N) is 1. The van der Waals surface area contributed by atoms with E-state index in [-0.39, 0.29) is 38.5 Å². The van der Waals surface area contributed by atoms with Crippen molar-refractivity contribution in [2.45, 2.75) is 57.7 Å². The number of aliphatic hydroxyl groups excluding tert-OH is 1. The molecule has 0 spiro atoms. The fourth-order valence-corrected chi connectivity index (χ4v) is 3.58. The number of rotatable bonds is 12. The Balaban J connectivity index is 1.73. The summed E-state index contributed by atoms with van der Waals surface area (Å²) in [5, 5.41) is 8.89. The molecule has 1 aliphatic heterocycles. The third-order valence-corrected chi connectivity index (χ3v) is 5.46. The van der Waals surface area contributed by atoms with Crippen LogP contribution in [0.3, 0.4) is 0 Å². The molecule has 0 aliphatic carbocycles. The lowest BCUT2D eigenvalue weighted by atomic mass is 9.94. The Labute approximate surface area is 216 Å². The molecule has 0 radical (unpaired) electrons.